The van der Waals surface area contributed by atoms with Gasteiger partial charge in [-0.15, -0.1) is 0 Å². The summed E-state index contributed by atoms with van der Waals surface area (Å²) in [4.78, 5) is 14.3. The normalized spacial score (nSPS) is 10.7. The second kappa shape index (κ2) is 5.21. The first-order valence-corrected chi connectivity index (χ1v) is 4.62. The molecular weight excluding hydrogens is 178 g/mol. The zero-order valence-corrected chi connectivity index (χ0v) is 8.58. The molecule has 0 bridgehead atoms. The Balaban J connectivity index is 2.34. The maximum absolute atomic E-state index is 11.3. The van der Waals surface area contributed by atoms with Crippen molar-refractivity contribution in [3.8, 4) is 0 Å². The molecule has 0 aliphatic carbocycles. The minimum Gasteiger partial charge on any atom is -0.352 e. The fraction of sp³-hybridized carbons (Fsp3) is 0.400. The van der Waals surface area contributed by atoms with Gasteiger partial charge < -0.3 is 5.32 Å². The van der Waals surface area contributed by atoms with Gasteiger partial charge in [0.2, 0.25) is 12.2 Å². The summed E-state index contributed by atoms with van der Waals surface area (Å²) in [6.45, 7) is 2.53. The molecule has 1 rings (SSSR count). The van der Waals surface area contributed by atoms with E-state index in [4.69, 9.17) is 0 Å². The van der Waals surface area contributed by atoms with Gasteiger partial charge >= 0.3 is 0 Å². The summed E-state index contributed by atoms with van der Waals surface area (Å²) in [5.74, 6) is 0.0329. The van der Waals surface area contributed by atoms with Crippen LogP contribution in [0.5, 0.6) is 0 Å². The first-order valence-electron chi connectivity index (χ1n) is 4.62. The lowest BCUT2D eigenvalue weighted by Crippen LogP contribution is -2.26. The van der Waals surface area contributed by atoms with Gasteiger partial charge in [0.15, 0.2) is 0 Å². The molecule has 0 saturated heterocycles. The van der Waals surface area contributed by atoms with E-state index in [2.05, 4.69) is 10.3 Å². The minimum atomic E-state index is 0.0329. The highest BCUT2D eigenvalue weighted by molar-refractivity contribution is 5.78. The van der Waals surface area contributed by atoms with Crippen molar-refractivity contribution in [1.29, 1.82) is 0 Å². The van der Waals surface area contributed by atoms with Crippen LogP contribution < -0.4 is 9.88 Å². The number of aromatic amines is 1. The predicted octanol–water partition coefficient (Wildman–Crippen LogP) is 0.0740. The van der Waals surface area contributed by atoms with E-state index in [1.165, 1.54) is 0 Å². The Morgan fingerprint density at radius 3 is 3.07 bits per heavy atom. The van der Waals surface area contributed by atoms with E-state index in [0.29, 0.717) is 13.0 Å². The second-order valence-electron chi connectivity index (χ2n) is 3.14. The summed E-state index contributed by atoms with van der Waals surface area (Å²) in [6, 6.07) is 0. The third kappa shape index (κ3) is 3.43. The summed E-state index contributed by atoms with van der Waals surface area (Å²) in [5.41, 5.74) is 0.922. The van der Waals surface area contributed by atoms with E-state index >= 15 is 0 Å². The standard InChI is InChI=1S/C10H15N3O/c1-3-4-5-11-10(14)6-9-7-13(2)8-12-9/h3-4,7-8H,5-6H2,1-2H3,(H,11,14)/p+1/b4-3+. The second-order valence-corrected chi connectivity index (χ2v) is 3.14. The molecule has 0 saturated carbocycles. The number of aryl methyl sites for hydroxylation is 1. The van der Waals surface area contributed by atoms with Crippen molar-refractivity contribution in [3.05, 3.63) is 30.4 Å². The number of rotatable bonds is 4. The van der Waals surface area contributed by atoms with Crippen LogP contribution in [0.1, 0.15) is 12.6 Å². The molecule has 0 aliphatic rings. The highest BCUT2D eigenvalue weighted by atomic mass is 16.1. The van der Waals surface area contributed by atoms with Crippen molar-refractivity contribution in [3.63, 3.8) is 0 Å². The Kier molecular flexibility index (Phi) is 3.91. The maximum atomic E-state index is 11.3. The molecule has 1 aromatic heterocycles. The van der Waals surface area contributed by atoms with Gasteiger partial charge in [0.05, 0.1) is 13.5 Å². The first kappa shape index (κ1) is 10.5. The number of H-pyrrole nitrogens is 1. The molecule has 4 nitrogen and oxygen atoms in total. The molecule has 1 heterocycles. The van der Waals surface area contributed by atoms with Gasteiger partial charge in [-0.25, -0.2) is 9.55 Å². The lowest BCUT2D eigenvalue weighted by Gasteiger charge is -1.97. The van der Waals surface area contributed by atoms with Crippen molar-refractivity contribution in [1.82, 2.24) is 10.3 Å². The number of nitrogens with one attached hydrogen (secondary N) is 2. The molecule has 14 heavy (non-hydrogen) atoms. The molecule has 4 heteroatoms. The monoisotopic (exact) mass is 194 g/mol. The van der Waals surface area contributed by atoms with Crippen LogP contribution in [0.4, 0.5) is 0 Å². The summed E-state index contributed by atoms with van der Waals surface area (Å²) >= 11 is 0. The van der Waals surface area contributed by atoms with Crippen LogP contribution in [0.2, 0.25) is 0 Å². The average molecular weight is 194 g/mol. The van der Waals surface area contributed by atoms with Crippen LogP contribution in [-0.2, 0) is 18.3 Å². The van der Waals surface area contributed by atoms with Crippen LogP contribution in [-0.4, -0.2) is 17.4 Å². The molecule has 0 spiro atoms. The number of carbonyl (C=O) groups is 1. The lowest BCUT2D eigenvalue weighted by molar-refractivity contribution is -0.670. The van der Waals surface area contributed by atoms with Crippen molar-refractivity contribution in [2.75, 3.05) is 6.54 Å². The molecule has 0 radical (unpaired) electrons. The molecule has 0 aliphatic heterocycles. The Bertz CT molecular complexity index is 328. The fourth-order valence-electron chi connectivity index (χ4n) is 1.13. The molecule has 0 aromatic carbocycles. The van der Waals surface area contributed by atoms with Gasteiger partial charge in [0.25, 0.3) is 0 Å². The Morgan fingerprint density at radius 1 is 1.71 bits per heavy atom. The first-order chi connectivity index (χ1) is 6.72. The third-order valence-electron chi connectivity index (χ3n) is 1.82. The van der Waals surface area contributed by atoms with Gasteiger partial charge in [0.1, 0.15) is 11.9 Å². The number of amides is 1. The zero-order valence-electron chi connectivity index (χ0n) is 8.58. The Morgan fingerprint density at radius 2 is 2.50 bits per heavy atom. The number of imidazole rings is 1. The highest BCUT2D eigenvalue weighted by Gasteiger charge is 2.07. The lowest BCUT2D eigenvalue weighted by atomic mass is 10.3. The predicted molar refractivity (Wildman–Crippen MR) is 53.5 cm³/mol. The van der Waals surface area contributed by atoms with Crippen molar-refractivity contribution in [2.24, 2.45) is 7.05 Å². The van der Waals surface area contributed by atoms with E-state index in [1.54, 1.807) is 0 Å². The van der Waals surface area contributed by atoms with Crippen LogP contribution in [0.3, 0.4) is 0 Å². The van der Waals surface area contributed by atoms with Crippen LogP contribution in [0.25, 0.3) is 0 Å². The van der Waals surface area contributed by atoms with E-state index in [0.717, 1.165) is 5.69 Å². The van der Waals surface area contributed by atoms with Crippen molar-refractivity contribution in [2.45, 2.75) is 13.3 Å². The van der Waals surface area contributed by atoms with Crippen LogP contribution >= 0.6 is 0 Å². The molecular formula is C10H16N3O+. The zero-order chi connectivity index (χ0) is 10.4. The van der Waals surface area contributed by atoms with Gasteiger partial charge in [-0.3, -0.25) is 4.79 Å². The minimum absolute atomic E-state index is 0.0329. The van der Waals surface area contributed by atoms with E-state index in [1.807, 2.05) is 43.2 Å². The smallest absolute Gasteiger partial charge is 0.241 e. The highest BCUT2D eigenvalue weighted by Crippen LogP contribution is 1.90. The Labute approximate surface area is 83.6 Å². The Hall–Kier alpha value is -1.58. The molecule has 1 amide bonds. The summed E-state index contributed by atoms with van der Waals surface area (Å²) in [5, 5.41) is 2.79. The van der Waals surface area contributed by atoms with Crippen molar-refractivity contribution < 1.29 is 9.36 Å². The average Bonchev–Trinajstić information content (AvgIpc) is 2.52. The van der Waals surface area contributed by atoms with E-state index < -0.39 is 0 Å². The molecule has 1 aromatic rings. The van der Waals surface area contributed by atoms with Gasteiger partial charge in [-0.2, -0.15) is 0 Å². The van der Waals surface area contributed by atoms with E-state index in [-0.39, 0.29) is 5.91 Å². The quantitative estimate of drug-likeness (QED) is 0.517. The molecule has 2 N–H and O–H groups in total. The molecule has 0 atom stereocenters. The summed E-state index contributed by atoms with van der Waals surface area (Å²) in [6.07, 6.45) is 7.93. The molecule has 76 valence electrons. The van der Waals surface area contributed by atoms with Gasteiger partial charge in [-0.1, -0.05) is 12.2 Å². The van der Waals surface area contributed by atoms with E-state index in [9.17, 15) is 4.79 Å². The number of aromatic nitrogens is 2. The maximum Gasteiger partial charge on any atom is 0.241 e. The van der Waals surface area contributed by atoms with Crippen LogP contribution in [0, 0.1) is 0 Å². The summed E-state index contributed by atoms with van der Waals surface area (Å²) < 4.78 is 1.88. The fourth-order valence-corrected chi connectivity index (χ4v) is 1.13. The molecule has 0 fully saturated rings. The van der Waals surface area contributed by atoms with Crippen molar-refractivity contribution >= 4 is 5.91 Å². The van der Waals surface area contributed by atoms with Gasteiger partial charge in [0, 0.05) is 6.54 Å². The largest absolute Gasteiger partial charge is 0.352 e. The molecule has 0 unspecified atom stereocenters. The number of hydrogen-bond donors (Lipinski definition) is 2. The third-order valence-corrected chi connectivity index (χ3v) is 1.82. The number of hydrogen-bond acceptors (Lipinski definition) is 1. The number of allylic oxidation sites excluding steroid dienone is 1. The number of carbonyl (C=O) groups excluding carboxylic acids is 1. The number of nitrogens with zero attached hydrogens (tertiary/aromatic N) is 1. The SMILES string of the molecule is C/C=C/CNC(=O)Cc1c[n+](C)c[nH]1. The van der Waals surface area contributed by atoms with Crippen LogP contribution in [0.15, 0.2) is 24.7 Å². The summed E-state index contributed by atoms with van der Waals surface area (Å²) in [7, 11) is 1.91. The van der Waals surface area contributed by atoms with Gasteiger partial charge in [-0.05, 0) is 6.92 Å². The topological polar surface area (TPSA) is 48.8 Å².